The Balaban J connectivity index is 2.11. The van der Waals surface area contributed by atoms with Gasteiger partial charge in [-0.1, -0.05) is 6.07 Å². The molecule has 0 N–H and O–H groups in total. The van der Waals surface area contributed by atoms with Crippen molar-refractivity contribution in [2.24, 2.45) is 0 Å². The Morgan fingerprint density at radius 1 is 1.00 bits per heavy atom. The second-order valence-corrected chi connectivity index (χ2v) is 4.26. The molecule has 0 saturated carbocycles. The van der Waals surface area contributed by atoms with Gasteiger partial charge < -0.3 is 9.47 Å². The van der Waals surface area contributed by atoms with Gasteiger partial charge in [0.2, 0.25) is 0 Å². The molecule has 0 amide bonds. The van der Waals surface area contributed by atoms with Crippen molar-refractivity contribution < 1.29 is 24.0 Å². The van der Waals surface area contributed by atoms with Crippen LogP contribution in [0.25, 0.3) is 0 Å². The van der Waals surface area contributed by atoms with Crippen LogP contribution in [-0.4, -0.2) is 16.9 Å². The van der Waals surface area contributed by atoms with Crippen LogP contribution in [0.5, 0.6) is 11.5 Å². The van der Waals surface area contributed by atoms with Crippen molar-refractivity contribution in [3.05, 3.63) is 64.2 Å². The molecule has 2 rings (SSSR count). The average molecular weight is 301 g/mol. The fourth-order valence-corrected chi connectivity index (χ4v) is 1.65. The van der Waals surface area contributed by atoms with E-state index < -0.39 is 16.9 Å². The van der Waals surface area contributed by atoms with E-state index in [9.17, 15) is 19.7 Å². The first-order valence-corrected chi connectivity index (χ1v) is 6.21. The number of carbonyl (C=O) groups excluding carboxylic acids is 2. The molecule has 0 heterocycles. The lowest BCUT2D eigenvalue weighted by Gasteiger charge is -2.06. The number of nitro benzene ring substituents is 1. The summed E-state index contributed by atoms with van der Waals surface area (Å²) in [6.45, 7) is 1.25. The predicted molar refractivity (Wildman–Crippen MR) is 75.8 cm³/mol. The largest absolute Gasteiger partial charge is 0.427 e. The molecule has 0 radical (unpaired) electrons. The average Bonchev–Trinajstić information content (AvgIpc) is 2.47. The molecule has 0 aliphatic rings. The minimum Gasteiger partial charge on any atom is -0.427 e. The molecule has 0 aliphatic carbocycles. The molecule has 0 spiro atoms. The van der Waals surface area contributed by atoms with Crippen LogP contribution in [-0.2, 0) is 4.79 Å². The minimum atomic E-state index is -0.664. The number of hydrogen-bond donors (Lipinski definition) is 0. The zero-order valence-corrected chi connectivity index (χ0v) is 11.5. The summed E-state index contributed by atoms with van der Waals surface area (Å²) in [7, 11) is 0. The predicted octanol–water partition coefficient (Wildman–Crippen LogP) is 2.74. The smallest absolute Gasteiger partial charge is 0.343 e. The molecule has 0 fully saturated rings. The zero-order chi connectivity index (χ0) is 16.1. The van der Waals surface area contributed by atoms with E-state index in [1.165, 1.54) is 49.4 Å². The molecule has 7 heteroatoms. The van der Waals surface area contributed by atoms with Crippen molar-refractivity contribution in [3.8, 4) is 11.5 Å². The Morgan fingerprint density at radius 3 is 2.27 bits per heavy atom. The number of non-ortho nitro benzene ring substituents is 1. The molecule has 7 nitrogen and oxygen atoms in total. The lowest BCUT2D eigenvalue weighted by atomic mass is 10.2. The molecular formula is C15H11NO6. The number of hydrogen-bond acceptors (Lipinski definition) is 6. The van der Waals surface area contributed by atoms with Crippen molar-refractivity contribution in [2.45, 2.75) is 6.92 Å². The summed E-state index contributed by atoms with van der Waals surface area (Å²) in [5, 5.41) is 10.5. The first-order valence-electron chi connectivity index (χ1n) is 6.21. The van der Waals surface area contributed by atoms with Crippen LogP contribution in [0.3, 0.4) is 0 Å². The molecule has 2 aromatic carbocycles. The maximum Gasteiger partial charge on any atom is 0.343 e. The lowest BCUT2D eigenvalue weighted by molar-refractivity contribution is -0.384. The number of rotatable bonds is 4. The minimum absolute atomic E-state index is 0.100. The number of ether oxygens (including phenoxy) is 2. The Hall–Kier alpha value is -3.22. The van der Waals surface area contributed by atoms with Crippen LogP contribution in [0.1, 0.15) is 17.3 Å². The van der Waals surface area contributed by atoms with Gasteiger partial charge in [0.1, 0.15) is 11.5 Å². The van der Waals surface area contributed by atoms with Gasteiger partial charge in [-0.15, -0.1) is 0 Å². The number of carbonyl (C=O) groups is 2. The summed E-state index contributed by atoms with van der Waals surface area (Å²) >= 11 is 0. The number of nitro groups is 1. The van der Waals surface area contributed by atoms with Gasteiger partial charge in [-0.2, -0.15) is 0 Å². The number of benzene rings is 2. The van der Waals surface area contributed by atoms with E-state index in [0.29, 0.717) is 0 Å². The van der Waals surface area contributed by atoms with E-state index in [-0.39, 0.29) is 22.7 Å². The standard InChI is InChI=1S/C15H11NO6/c1-10(17)21-14-4-2-3-11(9-14)15(18)22-13-7-5-12(6-8-13)16(19)20/h2-9H,1H3. The molecule has 0 bridgehead atoms. The van der Waals surface area contributed by atoms with Crippen molar-refractivity contribution in [1.29, 1.82) is 0 Å². The number of esters is 2. The van der Waals surface area contributed by atoms with E-state index in [2.05, 4.69) is 0 Å². The second kappa shape index (κ2) is 6.49. The third-order valence-electron chi connectivity index (χ3n) is 2.59. The van der Waals surface area contributed by atoms with Crippen LogP contribution in [0.15, 0.2) is 48.5 Å². The Kier molecular flexibility index (Phi) is 4.47. The molecule has 0 aromatic heterocycles. The molecule has 0 saturated heterocycles. The highest BCUT2D eigenvalue weighted by atomic mass is 16.6. The highest BCUT2D eigenvalue weighted by Gasteiger charge is 2.12. The Morgan fingerprint density at radius 2 is 1.68 bits per heavy atom. The maximum atomic E-state index is 12.0. The highest BCUT2D eigenvalue weighted by Crippen LogP contribution is 2.20. The summed E-state index contributed by atoms with van der Waals surface area (Å²) in [5.74, 6) is -0.761. The summed E-state index contributed by atoms with van der Waals surface area (Å²) < 4.78 is 9.97. The molecule has 0 aliphatic heterocycles. The molecular weight excluding hydrogens is 290 g/mol. The van der Waals surface area contributed by atoms with E-state index in [1.807, 2.05) is 0 Å². The molecule has 2 aromatic rings. The van der Waals surface area contributed by atoms with Crippen LogP contribution in [0.4, 0.5) is 5.69 Å². The maximum absolute atomic E-state index is 12.0. The molecule has 22 heavy (non-hydrogen) atoms. The van der Waals surface area contributed by atoms with Crippen molar-refractivity contribution >= 4 is 17.6 Å². The Labute approximate surface area is 125 Å². The summed E-state index contributed by atoms with van der Waals surface area (Å²) in [5.41, 5.74) is 0.0914. The fraction of sp³-hybridized carbons (Fsp3) is 0.0667. The van der Waals surface area contributed by atoms with Crippen molar-refractivity contribution in [3.63, 3.8) is 0 Å². The van der Waals surface area contributed by atoms with Crippen molar-refractivity contribution in [1.82, 2.24) is 0 Å². The molecule has 0 unspecified atom stereocenters. The third kappa shape index (κ3) is 3.89. The molecule has 112 valence electrons. The van der Waals surface area contributed by atoms with E-state index >= 15 is 0 Å². The SMILES string of the molecule is CC(=O)Oc1cccc(C(=O)Oc2ccc([N+](=O)[O-])cc2)c1. The lowest BCUT2D eigenvalue weighted by Crippen LogP contribution is -2.09. The van der Waals surface area contributed by atoms with Gasteiger partial charge in [-0.25, -0.2) is 4.79 Å². The van der Waals surface area contributed by atoms with E-state index in [1.54, 1.807) is 6.07 Å². The van der Waals surface area contributed by atoms with Gasteiger partial charge in [0.15, 0.2) is 0 Å². The van der Waals surface area contributed by atoms with Gasteiger partial charge in [0.05, 0.1) is 10.5 Å². The monoisotopic (exact) mass is 301 g/mol. The summed E-state index contributed by atoms with van der Waals surface area (Å²) in [6.07, 6.45) is 0. The summed E-state index contributed by atoms with van der Waals surface area (Å²) in [4.78, 5) is 32.8. The summed E-state index contributed by atoms with van der Waals surface area (Å²) in [6, 6.07) is 11.1. The quantitative estimate of drug-likeness (QED) is 0.373. The first kappa shape index (κ1) is 15.2. The van der Waals surface area contributed by atoms with Gasteiger partial charge in [-0.05, 0) is 30.3 Å². The van der Waals surface area contributed by atoms with E-state index in [0.717, 1.165) is 0 Å². The van der Waals surface area contributed by atoms with Crippen LogP contribution in [0, 0.1) is 10.1 Å². The first-order chi connectivity index (χ1) is 10.5. The number of nitrogens with zero attached hydrogens (tertiary/aromatic N) is 1. The second-order valence-electron chi connectivity index (χ2n) is 4.26. The van der Waals surface area contributed by atoms with Crippen LogP contribution >= 0.6 is 0 Å². The van der Waals surface area contributed by atoms with Crippen molar-refractivity contribution in [2.75, 3.05) is 0 Å². The van der Waals surface area contributed by atoms with E-state index in [4.69, 9.17) is 9.47 Å². The Bertz CT molecular complexity index is 723. The van der Waals surface area contributed by atoms with Gasteiger partial charge >= 0.3 is 11.9 Å². The normalized spacial score (nSPS) is 9.86. The van der Waals surface area contributed by atoms with Gasteiger partial charge in [0, 0.05) is 19.1 Å². The van der Waals surface area contributed by atoms with Gasteiger partial charge in [0.25, 0.3) is 5.69 Å². The third-order valence-corrected chi connectivity index (χ3v) is 2.59. The van der Waals surface area contributed by atoms with Gasteiger partial charge in [-0.3, -0.25) is 14.9 Å². The topological polar surface area (TPSA) is 95.7 Å². The fourth-order valence-electron chi connectivity index (χ4n) is 1.65. The molecule has 0 atom stereocenters. The van der Waals surface area contributed by atoms with Crippen LogP contribution in [0.2, 0.25) is 0 Å². The highest BCUT2D eigenvalue weighted by molar-refractivity contribution is 5.91. The zero-order valence-electron chi connectivity index (χ0n) is 11.5. The van der Waals surface area contributed by atoms with Crippen LogP contribution < -0.4 is 9.47 Å².